The monoisotopic (exact) mass is 546 g/mol. The standard InChI is InChI=1S/C25H46N6O7.2H2/c1-9-29(10-15-34-4)22-20(24(32)28(2)3)26-23(30(11-16-35-5)12-17-36-6)21(27-22)25(33)31(13-18-37-7)14-19-38-8;;/h9-19H2,1-8H3;2*1H. The van der Waals surface area contributed by atoms with Crippen molar-refractivity contribution in [2.75, 3.05) is 132 Å². The first-order chi connectivity index (χ1) is 18.3. The third-order valence-corrected chi connectivity index (χ3v) is 5.76. The molecule has 1 rings (SSSR count). The summed E-state index contributed by atoms with van der Waals surface area (Å²) in [6, 6.07) is 0. The molecule has 0 N–H and O–H groups in total. The highest BCUT2D eigenvalue weighted by Gasteiger charge is 2.31. The van der Waals surface area contributed by atoms with Gasteiger partial charge in [-0.15, -0.1) is 0 Å². The van der Waals surface area contributed by atoms with Crippen LogP contribution in [0.4, 0.5) is 11.6 Å². The van der Waals surface area contributed by atoms with Crippen molar-refractivity contribution in [3.63, 3.8) is 0 Å². The van der Waals surface area contributed by atoms with Gasteiger partial charge >= 0.3 is 0 Å². The molecule has 0 aliphatic carbocycles. The predicted octanol–water partition coefficient (Wildman–Crippen LogP) is 0.977. The zero-order valence-corrected chi connectivity index (χ0v) is 24.3. The number of hydrogen-bond acceptors (Lipinski definition) is 11. The average Bonchev–Trinajstić information content (AvgIpc) is 2.92. The molecule has 0 atom stereocenters. The van der Waals surface area contributed by atoms with Gasteiger partial charge in [0.1, 0.15) is 0 Å². The van der Waals surface area contributed by atoms with Gasteiger partial charge in [-0.25, -0.2) is 9.97 Å². The van der Waals surface area contributed by atoms with Gasteiger partial charge in [0.15, 0.2) is 23.0 Å². The zero-order chi connectivity index (χ0) is 28.5. The van der Waals surface area contributed by atoms with Gasteiger partial charge in [0.25, 0.3) is 11.8 Å². The SMILES string of the molecule is CCN(CCOC)c1nc(C(=O)N(CCOC)CCOC)c(N(CCOC)CCOC)nc1C(=O)N(C)C.[HH].[HH]. The third-order valence-electron chi connectivity index (χ3n) is 5.76. The Kier molecular flexibility index (Phi) is 16.4. The Morgan fingerprint density at radius 1 is 0.632 bits per heavy atom. The van der Waals surface area contributed by atoms with Crippen LogP contribution >= 0.6 is 0 Å². The minimum atomic E-state index is -0.339. The minimum absolute atomic E-state index is 0. The molecule has 0 aliphatic heterocycles. The fraction of sp³-hybridized carbons (Fsp3) is 0.760. The smallest absolute Gasteiger partial charge is 0.276 e. The lowest BCUT2D eigenvalue weighted by molar-refractivity contribution is 0.0621. The number of anilines is 2. The maximum absolute atomic E-state index is 14.0. The average molecular weight is 547 g/mol. The van der Waals surface area contributed by atoms with E-state index in [1.165, 1.54) is 4.90 Å². The molecule has 0 radical (unpaired) electrons. The summed E-state index contributed by atoms with van der Waals surface area (Å²) in [5.74, 6) is -0.0418. The van der Waals surface area contributed by atoms with E-state index < -0.39 is 0 Å². The van der Waals surface area contributed by atoms with Gasteiger partial charge in [0.05, 0.1) is 33.0 Å². The molecule has 0 aromatic carbocycles. The summed E-state index contributed by atoms with van der Waals surface area (Å²) in [6.07, 6.45) is 0. The van der Waals surface area contributed by atoms with Crippen molar-refractivity contribution in [1.29, 1.82) is 0 Å². The molecule has 2 amide bonds. The minimum Gasteiger partial charge on any atom is -0.383 e. The number of hydrogen-bond donors (Lipinski definition) is 0. The summed E-state index contributed by atoms with van der Waals surface area (Å²) >= 11 is 0. The highest BCUT2D eigenvalue weighted by Crippen LogP contribution is 2.26. The van der Waals surface area contributed by atoms with Gasteiger partial charge in [-0.05, 0) is 6.92 Å². The largest absolute Gasteiger partial charge is 0.383 e. The van der Waals surface area contributed by atoms with Crippen molar-refractivity contribution in [2.24, 2.45) is 0 Å². The van der Waals surface area contributed by atoms with Gasteiger partial charge in [0, 0.05) is 91.8 Å². The molecule has 222 valence electrons. The van der Waals surface area contributed by atoms with Crippen molar-refractivity contribution < 1.29 is 36.1 Å². The predicted molar refractivity (Wildman–Crippen MR) is 150 cm³/mol. The van der Waals surface area contributed by atoms with Crippen LogP contribution in [0.25, 0.3) is 0 Å². The van der Waals surface area contributed by atoms with Crippen LogP contribution in [0.2, 0.25) is 0 Å². The number of ether oxygens (including phenoxy) is 5. The van der Waals surface area contributed by atoms with E-state index in [2.05, 4.69) is 0 Å². The molecule has 0 bridgehead atoms. The Hall–Kier alpha value is -2.58. The number of nitrogens with zero attached hydrogens (tertiary/aromatic N) is 6. The van der Waals surface area contributed by atoms with E-state index in [0.717, 1.165) is 0 Å². The molecule has 0 saturated carbocycles. The summed E-state index contributed by atoms with van der Waals surface area (Å²) < 4.78 is 26.4. The Morgan fingerprint density at radius 3 is 1.39 bits per heavy atom. The van der Waals surface area contributed by atoms with Crippen molar-refractivity contribution in [3.05, 3.63) is 11.4 Å². The van der Waals surface area contributed by atoms with Gasteiger partial charge < -0.3 is 43.3 Å². The normalized spacial score (nSPS) is 10.9. The first-order valence-corrected chi connectivity index (χ1v) is 12.7. The van der Waals surface area contributed by atoms with Gasteiger partial charge in [-0.2, -0.15) is 0 Å². The van der Waals surface area contributed by atoms with Crippen LogP contribution in [-0.2, 0) is 23.7 Å². The fourth-order valence-corrected chi connectivity index (χ4v) is 3.57. The maximum Gasteiger partial charge on any atom is 0.276 e. The first kappa shape index (κ1) is 33.4. The number of aromatic nitrogens is 2. The highest BCUT2D eigenvalue weighted by molar-refractivity contribution is 6.01. The molecule has 0 aliphatic rings. The van der Waals surface area contributed by atoms with E-state index in [0.29, 0.717) is 83.9 Å². The van der Waals surface area contributed by atoms with Crippen molar-refractivity contribution in [3.8, 4) is 0 Å². The molecule has 13 nitrogen and oxygen atoms in total. The lowest BCUT2D eigenvalue weighted by atomic mass is 10.2. The second-order valence-corrected chi connectivity index (χ2v) is 8.59. The molecule has 13 heteroatoms. The molecule has 1 aromatic rings. The Labute approximate surface area is 229 Å². The van der Waals surface area contributed by atoms with Crippen LogP contribution in [0, 0.1) is 0 Å². The number of amides is 2. The van der Waals surface area contributed by atoms with Crippen LogP contribution in [0.3, 0.4) is 0 Å². The van der Waals surface area contributed by atoms with Gasteiger partial charge in [-0.1, -0.05) is 0 Å². The molecule has 0 saturated heterocycles. The van der Waals surface area contributed by atoms with Crippen molar-refractivity contribution in [2.45, 2.75) is 6.92 Å². The zero-order valence-electron chi connectivity index (χ0n) is 24.3. The van der Waals surface area contributed by atoms with Crippen LogP contribution in [0.15, 0.2) is 0 Å². The topological polar surface area (TPSA) is 119 Å². The Bertz CT molecular complexity index is 838. The van der Waals surface area contributed by atoms with E-state index in [-0.39, 0.29) is 26.1 Å². The summed E-state index contributed by atoms with van der Waals surface area (Å²) in [6.45, 7) is 6.32. The molecular formula is C25H50N6O7. The number of methoxy groups -OCH3 is 5. The van der Waals surface area contributed by atoms with E-state index >= 15 is 0 Å². The van der Waals surface area contributed by atoms with Gasteiger partial charge in [-0.3, -0.25) is 9.59 Å². The number of carbonyl (C=O) groups excluding carboxylic acids is 2. The second-order valence-electron chi connectivity index (χ2n) is 8.59. The Balaban J connectivity index is 0. The summed E-state index contributed by atoms with van der Waals surface area (Å²) in [4.78, 5) is 43.8. The van der Waals surface area contributed by atoms with Gasteiger partial charge in [0.2, 0.25) is 0 Å². The second kappa shape index (κ2) is 18.6. The van der Waals surface area contributed by atoms with Crippen LogP contribution in [-0.4, -0.2) is 154 Å². The van der Waals surface area contributed by atoms with E-state index in [9.17, 15) is 9.59 Å². The number of rotatable bonds is 20. The van der Waals surface area contributed by atoms with E-state index in [1.807, 2.05) is 16.7 Å². The maximum atomic E-state index is 14.0. The number of likely N-dealkylation sites (N-methyl/N-ethyl adjacent to an activating group) is 1. The van der Waals surface area contributed by atoms with Crippen LogP contribution in [0.5, 0.6) is 0 Å². The molecule has 1 heterocycles. The van der Waals surface area contributed by atoms with Crippen molar-refractivity contribution >= 4 is 23.5 Å². The molecule has 1 aromatic heterocycles. The molecule has 38 heavy (non-hydrogen) atoms. The summed E-state index contributed by atoms with van der Waals surface area (Å²) in [5.41, 5.74) is 0.283. The van der Waals surface area contributed by atoms with E-state index in [1.54, 1.807) is 54.5 Å². The quantitative estimate of drug-likeness (QED) is 0.233. The Morgan fingerprint density at radius 2 is 1.00 bits per heavy atom. The van der Waals surface area contributed by atoms with Crippen molar-refractivity contribution in [1.82, 2.24) is 19.8 Å². The lowest BCUT2D eigenvalue weighted by Crippen LogP contribution is -2.41. The highest BCUT2D eigenvalue weighted by atomic mass is 16.5. The fourth-order valence-electron chi connectivity index (χ4n) is 3.57. The molecular weight excluding hydrogens is 496 g/mol. The summed E-state index contributed by atoms with van der Waals surface area (Å²) in [7, 11) is 11.3. The first-order valence-electron chi connectivity index (χ1n) is 12.7. The van der Waals surface area contributed by atoms with Crippen LogP contribution in [0.1, 0.15) is 30.8 Å². The summed E-state index contributed by atoms with van der Waals surface area (Å²) in [5, 5.41) is 0. The molecule has 0 unspecified atom stereocenters. The van der Waals surface area contributed by atoms with E-state index in [4.69, 9.17) is 33.7 Å². The molecule has 0 fully saturated rings. The number of carbonyl (C=O) groups is 2. The van der Waals surface area contributed by atoms with Crippen LogP contribution < -0.4 is 9.80 Å². The third kappa shape index (κ3) is 9.95. The lowest BCUT2D eigenvalue weighted by Gasteiger charge is -2.30. The molecule has 0 spiro atoms.